The van der Waals surface area contributed by atoms with Gasteiger partial charge in [0.25, 0.3) is 5.91 Å². The van der Waals surface area contributed by atoms with Crippen molar-refractivity contribution in [2.75, 3.05) is 19.4 Å². The van der Waals surface area contributed by atoms with Crippen LogP contribution >= 0.6 is 0 Å². The van der Waals surface area contributed by atoms with Crippen LogP contribution in [0.3, 0.4) is 0 Å². The highest BCUT2D eigenvalue weighted by molar-refractivity contribution is 7.90. The summed E-state index contributed by atoms with van der Waals surface area (Å²) in [5.74, 6) is 0.944. The molecule has 0 radical (unpaired) electrons. The van der Waals surface area contributed by atoms with Crippen LogP contribution in [0, 0.1) is 0 Å². The summed E-state index contributed by atoms with van der Waals surface area (Å²) in [5, 5.41) is 0. The van der Waals surface area contributed by atoms with Gasteiger partial charge in [-0.05, 0) is 41.5 Å². The molecule has 0 bridgehead atoms. The lowest BCUT2D eigenvalue weighted by Crippen LogP contribution is -2.32. The number of carbonyl (C=O) groups is 1. The highest BCUT2D eigenvalue weighted by atomic mass is 32.2. The topological polar surface area (TPSA) is 89.5 Å². The molecule has 0 unspecified atom stereocenters. The van der Waals surface area contributed by atoms with Gasteiger partial charge >= 0.3 is 0 Å². The molecule has 0 spiro atoms. The van der Waals surface area contributed by atoms with Crippen LogP contribution < -0.4 is 4.74 Å². The molecule has 1 aromatic heterocycles. The Bertz CT molecular complexity index is 1150. The van der Waals surface area contributed by atoms with Crippen LogP contribution in [-0.2, 0) is 16.4 Å². The minimum Gasteiger partial charge on any atom is -0.491 e. The molecule has 8 heteroatoms. The minimum absolute atomic E-state index is 0.153. The first-order valence-corrected chi connectivity index (χ1v) is 10.9. The first kappa shape index (κ1) is 19.1. The van der Waals surface area contributed by atoms with E-state index in [0.717, 1.165) is 11.1 Å². The zero-order valence-electron chi connectivity index (χ0n) is 15.8. The smallest absolute Gasteiger partial charge is 0.258 e. The van der Waals surface area contributed by atoms with Crippen molar-refractivity contribution in [1.29, 1.82) is 0 Å². The van der Waals surface area contributed by atoms with Crippen LogP contribution in [0.4, 0.5) is 0 Å². The number of nitrogens with zero attached hydrogens (tertiary/aromatic N) is 3. The molecule has 7 nitrogen and oxygen atoms in total. The Labute approximate surface area is 168 Å². The van der Waals surface area contributed by atoms with Crippen molar-refractivity contribution in [2.45, 2.75) is 11.4 Å². The number of amides is 1. The summed E-state index contributed by atoms with van der Waals surface area (Å²) in [5.41, 5.74) is 2.08. The first-order chi connectivity index (χ1) is 13.9. The Morgan fingerprint density at radius 3 is 2.41 bits per heavy atom. The Kier molecular flexibility index (Phi) is 5.02. The number of sulfone groups is 1. The molecule has 3 aromatic rings. The molecule has 29 heavy (non-hydrogen) atoms. The Morgan fingerprint density at radius 2 is 1.72 bits per heavy atom. The highest BCUT2D eigenvalue weighted by Gasteiger charge is 2.25. The summed E-state index contributed by atoms with van der Waals surface area (Å²) in [7, 11) is -3.26. The second-order valence-electron chi connectivity index (χ2n) is 6.75. The first-order valence-electron chi connectivity index (χ1n) is 9.04. The Balaban J connectivity index is 1.65. The van der Waals surface area contributed by atoms with E-state index in [4.69, 9.17) is 4.74 Å². The van der Waals surface area contributed by atoms with Gasteiger partial charge in [0, 0.05) is 18.6 Å². The predicted octanol–water partition coefficient (Wildman–Crippen LogP) is 2.58. The van der Waals surface area contributed by atoms with Gasteiger partial charge in [-0.25, -0.2) is 18.4 Å². The molecule has 0 atom stereocenters. The van der Waals surface area contributed by atoms with E-state index in [-0.39, 0.29) is 10.8 Å². The summed E-state index contributed by atoms with van der Waals surface area (Å²) in [6.07, 6.45) is 4.46. The van der Waals surface area contributed by atoms with E-state index in [0.29, 0.717) is 36.8 Å². The number of aromatic nitrogens is 2. The molecule has 2 aromatic carbocycles. The molecule has 4 rings (SSSR count). The average molecular weight is 409 g/mol. The van der Waals surface area contributed by atoms with Gasteiger partial charge < -0.3 is 9.64 Å². The maximum absolute atomic E-state index is 13.1. The van der Waals surface area contributed by atoms with E-state index in [9.17, 15) is 13.2 Å². The quantitative estimate of drug-likeness (QED) is 0.658. The second kappa shape index (κ2) is 7.63. The third-order valence-electron chi connectivity index (χ3n) is 4.68. The fourth-order valence-electron chi connectivity index (χ4n) is 3.17. The number of rotatable bonds is 4. The maximum atomic E-state index is 13.1. The molecule has 1 aliphatic heterocycles. The van der Waals surface area contributed by atoms with E-state index >= 15 is 0 Å². The monoisotopic (exact) mass is 409 g/mol. The summed E-state index contributed by atoms with van der Waals surface area (Å²) in [4.78, 5) is 23.4. The van der Waals surface area contributed by atoms with Gasteiger partial charge in [-0.3, -0.25) is 4.79 Å². The van der Waals surface area contributed by atoms with Crippen molar-refractivity contribution in [3.63, 3.8) is 0 Å². The zero-order valence-corrected chi connectivity index (χ0v) is 16.6. The number of hydrogen-bond acceptors (Lipinski definition) is 6. The Morgan fingerprint density at radius 1 is 1.03 bits per heavy atom. The lowest BCUT2D eigenvalue weighted by atomic mass is 10.0. The molecule has 0 saturated heterocycles. The molecular formula is C21H19N3O4S. The van der Waals surface area contributed by atoms with E-state index < -0.39 is 9.84 Å². The second-order valence-corrected chi connectivity index (χ2v) is 8.76. The van der Waals surface area contributed by atoms with Crippen molar-refractivity contribution < 1.29 is 17.9 Å². The van der Waals surface area contributed by atoms with Crippen LogP contribution in [0.5, 0.6) is 5.75 Å². The number of hydrogen-bond donors (Lipinski definition) is 0. The SMILES string of the molecule is CS(=O)(=O)c1ccc(-c2ccc3c(c2)C(=O)N(Cc2ncccn2)CCO3)cc1. The van der Waals surface area contributed by atoms with E-state index in [1.807, 2.05) is 6.07 Å². The van der Waals surface area contributed by atoms with Gasteiger partial charge in [-0.15, -0.1) is 0 Å². The zero-order chi connectivity index (χ0) is 20.4. The molecule has 1 aliphatic rings. The fraction of sp³-hybridized carbons (Fsp3) is 0.190. The van der Waals surface area contributed by atoms with Crippen molar-refractivity contribution in [1.82, 2.24) is 14.9 Å². The number of benzene rings is 2. The van der Waals surface area contributed by atoms with Crippen LogP contribution in [0.1, 0.15) is 16.2 Å². The predicted molar refractivity (Wildman–Crippen MR) is 107 cm³/mol. The van der Waals surface area contributed by atoms with Crippen molar-refractivity contribution in [3.8, 4) is 16.9 Å². The van der Waals surface area contributed by atoms with Gasteiger partial charge in [-0.1, -0.05) is 18.2 Å². The normalized spacial score (nSPS) is 14.1. The minimum atomic E-state index is -3.26. The highest BCUT2D eigenvalue weighted by Crippen LogP contribution is 2.30. The summed E-state index contributed by atoms with van der Waals surface area (Å²) >= 11 is 0. The van der Waals surface area contributed by atoms with Gasteiger partial charge in [0.2, 0.25) is 0 Å². The van der Waals surface area contributed by atoms with Gasteiger partial charge in [-0.2, -0.15) is 0 Å². The van der Waals surface area contributed by atoms with Crippen molar-refractivity contribution in [3.05, 3.63) is 72.3 Å². The molecule has 0 fully saturated rings. The maximum Gasteiger partial charge on any atom is 0.258 e. The molecule has 1 amide bonds. The van der Waals surface area contributed by atoms with E-state index in [2.05, 4.69) is 9.97 Å². The van der Waals surface area contributed by atoms with Gasteiger partial charge in [0.15, 0.2) is 9.84 Å². The lowest BCUT2D eigenvalue weighted by molar-refractivity contribution is 0.0738. The largest absolute Gasteiger partial charge is 0.491 e. The molecule has 2 heterocycles. The van der Waals surface area contributed by atoms with Crippen LogP contribution in [0.15, 0.2) is 65.8 Å². The van der Waals surface area contributed by atoms with Gasteiger partial charge in [0.05, 0.1) is 23.5 Å². The third-order valence-corrected chi connectivity index (χ3v) is 5.81. The van der Waals surface area contributed by atoms with Gasteiger partial charge in [0.1, 0.15) is 18.2 Å². The van der Waals surface area contributed by atoms with E-state index in [1.54, 1.807) is 59.8 Å². The summed E-state index contributed by atoms with van der Waals surface area (Å²) in [6, 6.07) is 13.7. The van der Waals surface area contributed by atoms with E-state index in [1.165, 1.54) is 6.26 Å². The van der Waals surface area contributed by atoms with Crippen molar-refractivity contribution >= 4 is 15.7 Å². The summed E-state index contributed by atoms with van der Waals surface area (Å²) in [6.45, 7) is 1.12. The molecule has 148 valence electrons. The van der Waals surface area contributed by atoms with Crippen LogP contribution in [0.2, 0.25) is 0 Å². The third kappa shape index (κ3) is 4.12. The molecular weight excluding hydrogens is 390 g/mol. The fourth-order valence-corrected chi connectivity index (χ4v) is 3.80. The number of fused-ring (bicyclic) bond motifs is 1. The molecule has 0 aliphatic carbocycles. The molecule has 0 N–H and O–H groups in total. The summed E-state index contributed by atoms with van der Waals surface area (Å²) < 4.78 is 29.1. The molecule has 0 saturated carbocycles. The average Bonchev–Trinajstić information content (AvgIpc) is 2.87. The van der Waals surface area contributed by atoms with Crippen LogP contribution in [-0.4, -0.2) is 48.6 Å². The standard InChI is InChI=1S/C21H19N3O4S/c1-29(26,27)17-6-3-15(4-7-17)16-5-8-19-18(13-16)21(25)24(11-12-28-19)14-20-22-9-2-10-23-20/h2-10,13H,11-12,14H2,1H3. The van der Waals surface area contributed by atoms with Crippen molar-refractivity contribution in [2.24, 2.45) is 0 Å². The number of ether oxygens (including phenoxy) is 1. The number of carbonyl (C=O) groups excluding carboxylic acids is 1. The lowest BCUT2D eigenvalue weighted by Gasteiger charge is -2.19. The Hall–Kier alpha value is -3.26. The van der Waals surface area contributed by atoms with Crippen LogP contribution in [0.25, 0.3) is 11.1 Å².